The van der Waals surface area contributed by atoms with Gasteiger partial charge in [-0.25, -0.2) is 0 Å². The topological polar surface area (TPSA) is 34.3 Å². The first-order valence-electron chi connectivity index (χ1n) is 3.60. The molecule has 0 bridgehead atoms. The van der Waals surface area contributed by atoms with E-state index in [0.717, 1.165) is 6.61 Å². The Kier molecular flexibility index (Phi) is 3.19. The van der Waals surface area contributed by atoms with Crippen LogP contribution in [0.25, 0.3) is 0 Å². The minimum atomic E-state index is -0.547. The highest BCUT2D eigenvalue weighted by atomic mass is 79.9. The van der Waals surface area contributed by atoms with Gasteiger partial charge in [-0.3, -0.25) is 0 Å². The number of hydrogen-bond acceptors (Lipinski definition) is 3. The molecule has 0 N–H and O–H groups in total. The zero-order valence-electron chi connectivity index (χ0n) is 6.31. The van der Waals surface area contributed by atoms with E-state index in [1.54, 1.807) is 0 Å². The van der Waals surface area contributed by atoms with Gasteiger partial charge in [0, 0.05) is 0 Å². The SMILES string of the molecule is BrC(OCC1CO1)C1(Br)OC1(Br)Br. The summed E-state index contributed by atoms with van der Waals surface area (Å²) in [7, 11) is 0. The fourth-order valence-electron chi connectivity index (χ4n) is 0.803. The minimum Gasteiger partial charge on any atom is -0.371 e. The van der Waals surface area contributed by atoms with Gasteiger partial charge in [0.15, 0.2) is 5.01 Å². The quantitative estimate of drug-likeness (QED) is 0.493. The van der Waals surface area contributed by atoms with Crippen molar-refractivity contribution in [2.45, 2.75) is 19.0 Å². The van der Waals surface area contributed by atoms with Crippen molar-refractivity contribution in [3.8, 4) is 0 Å². The number of ether oxygens (including phenoxy) is 3. The smallest absolute Gasteiger partial charge is 0.222 e. The summed E-state index contributed by atoms with van der Waals surface area (Å²) in [6, 6.07) is 0. The first kappa shape index (κ1) is 11.3. The summed E-state index contributed by atoms with van der Waals surface area (Å²) in [5, 5.41) is -0.219. The molecule has 3 nitrogen and oxygen atoms in total. The maximum atomic E-state index is 5.49. The Bertz CT molecular complexity index is 220. The van der Waals surface area contributed by atoms with Gasteiger partial charge in [-0.05, 0) is 47.8 Å². The third-order valence-electron chi connectivity index (χ3n) is 1.75. The van der Waals surface area contributed by atoms with E-state index in [9.17, 15) is 0 Å². The van der Waals surface area contributed by atoms with Crippen LogP contribution in [0.4, 0.5) is 0 Å². The van der Waals surface area contributed by atoms with Crippen LogP contribution in [0.3, 0.4) is 0 Å². The Morgan fingerprint density at radius 1 is 1.46 bits per heavy atom. The lowest BCUT2D eigenvalue weighted by Gasteiger charge is -2.13. The van der Waals surface area contributed by atoms with Gasteiger partial charge in [0.1, 0.15) is 6.10 Å². The van der Waals surface area contributed by atoms with Gasteiger partial charge >= 0.3 is 0 Å². The average molecular weight is 446 g/mol. The van der Waals surface area contributed by atoms with E-state index in [1.807, 2.05) is 0 Å². The first-order valence-corrected chi connectivity index (χ1v) is 6.89. The second-order valence-corrected chi connectivity index (χ2v) is 8.18. The van der Waals surface area contributed by atoms with Gasteiger partial charge in [-0.15, -0.1) is 0 Å². The second kappa shape index (κ2) is 3.68. The van der Waals surface area contributed by atoms with Crippen molar-refractivity contribution < 1.29 is 14.2 Å². The van der Waals surface area contributed by atoms with Gasteiger partial charge in [-0.1, -0.05) is 15.9 Å². The van der Waals surface area contributed by atoms with Crippen LogP contribution in [0.5, 0.6) is 0 Å². The first-order chi connectivity index (χ1) is 5.96. The Hall–Kier alpha value is 1.80. The maximum Gasteiger partial charge on any atom is 0.222 e. The normalized spacial score (nSPS) is 42.9. The molecule has 7 heteroatoms. The van der Waals surface area contributed by atoms with Crippen LogP contribution < -0.4 is 0 Å². The zero-order chi connectivity index (χ0) is 9.69. The third kappa shape index (κ3) is 2.32. The lowest BCUT2D eigenvalue weighted by molar-refractivity contribution is 0.0768. The van der Waals surface area contributed by atoms with E-state index in [-0.39, 0.29) is 11.1 Å². The summed E-state index contributed by atoms with van der Waals surface area (Å²) in [6.45, 7) is 1.38. The van der Waals surface area contributed by atoms with Crippen molar-refractivity contribution in [1.82, 2.24) is 0 Å². The molecule has 0 saturated carbocycles. The zero-order valence-corrected chi connectivity index (χ0v) is 12.6. The number of epoxide rings is 2. The summed E-state index contributed by atoms with van der Waals surface area (Å²) < 4.78 is 14.8. The van der Waals surface area contributed by atoms with E-state index in [2.05, 4.69) is 63.7 Å². The molecule has 0 aromatic heterocycles. The van der Waals surface area contributed by atoms with Crippen molar-refractivity contribution in [2.75, 3.05) is 13.2 Å². The molecule has 0 amide bonds. The van der Waals surface area contributed by atoms with E-state index >= 15 is 0 Å². The monoisotopic (exact) mass is 442 g/mol. The fraction of sp³-hybridized carbons (Fsp3) is 1.00. The Morgan fingerprint density at radius 3 is 2.38 bits per heavy atom. The summed E-state index contributed by atoms with van der Waals surface area (Å²) >= 11 is 13.5. The van der Waals surface area contributed by atoms with Crippen LogP contribution in [0, 0.1) is 0 Å². The fourth-order valence-corrected chi connectivity index (χ4v) is 3.72. The molecule has 2 rings (SSSR count). The lowest BCUT2D eigenvalue weighted by Crippen LogP contribution is -2.26. The molecule has 3 unspecified atom stereocenters. The maximum absolute atomic E-state index is 5.49. The standard InChI is InChI=1S/C6H6Br4O3/c7-4(12-2-3-1-11-3)5(8)6(9,10)13-5/h3-4H,1-2H2. The van der Waals surface area contributed by atoms with Gasteiger partial charge in [0.25, 0.3) is 0 Å². The van der Waals surface area contributed by atoms with Crippen molar-refractivity contribution in [3.63, 3.8) is 0 Å². The molecule has 13 heavy (non-hydrogen) atoms. The molecular formula is C6H6Br4O3. The van der Waals surface area contributed by atoms with Crippen molar-refractivity contribution in [1.29, 1.82) is 0 Å². The Balaban J connectivity index is 1.79. The van der Waals surface area contributed by atoms with Gasteiger partial charge in [0.2, 0.25) is 7.93 Å². The molecule has 0 aliphatic carbocycles. The molecule has 2 aliphatic heterocycles. The Morgan fingerprint density at radius 2 is 2.00 bits per heavy atom. The van der Waals surface area contributed by atoms with Crippen LogP contribution in [0.2, 0.25) is 0 Å². The molecule has 0 aromatic carbocycles. The van der Waals surface area contributed by atoms with Crippen molar-refractivity contribution in [3.05, 3.63) is 0 Å². The largest absolute Gasteiger partial charge is 0.371 e. The molecular weight excluding hydrogens is 440 g/mol. The van der Waals surface area contributed by atoms with Gasteiger partial charge in [0.05, 0.1) is 13.2 Å². The Labute approximate surface area is 109 Å². The molecule has 2 aliphatic rings. The average Bonchev–Trinajstić information content (AvgIpc) is 2.87. The third-order valence-corrected chi connectivity index (χ3v) is 6.98. The summed E-state index contributed by atoms with van der Waals surface area (Å²) in [5.74, 6) is 0. The van der Waals surface area contributed by atoms with E-state index in [4.69, 9.17) is 14.2 Å². The highest BCUT2D eigenvalue weighted by Crippen LogP contribution is 2.64. The highest BCUT2D eigenvalue weighted by molar-refractivity contribution is 9.26. The predicted octanol–water partition coefficient (Wildman–Crippen LogP) is 2.69. The number of rotatable bonds is 4. The van der Waals surface area contributed by atoms with Crippen LogP contribution >= 0.6 is 63.7 Å². The van der Waals surface area contributed by atoms with Crippen molar-refractivity contribution >= 4 is 63.7 Å². The van der Waals surface area contributed by atoms with E-state index < -0.39 is 7.93 Å². The predicted molar refractivity (Wildman–Crippen MR) is 61.7 cm³/mol. The molecule has 76 valence electrons. The molecule has 0 aromatic rings. The van der Waals surface area contributed by atoms with E-state index in [0.29, 0.717) is 6.61 Å². The van der Waals surface area contributed by atoms with Crippen LogP contribution in [0.1, 0.15) is 0 Å². The molecule has 0 spiro atoms. The van der Waals surface area contributed by atoms with E-state index in [1.165, 1.54) is 0 Å². The highest BCUT2D eigenvalue weighted by Gasteiger charge is 2.71. The van der Waals surface area contributed by atoms with Gasteiger partial charge in [-0.2, -0.15) is 0 Å². The number of hydrogen-bond donors (Lipinski definition) is 0. The van der Waals surface area contributed by atoms with Crippen LogP contribution in [0.15, 0.2) is 0 Å². The molecule has 3 atom stereocenters. The molecule has 2 heterocycles. The van der Waals surface area contributed by atoms with Gasteiger partial charge < -0.3 is 14.2 Å². The lowest BCUT2D eigenvalue weighted by atomic mass is 10.5. The summed E-state index contributed by atoms with van der Waals surface area (Å²) in [5.41, 5.74) is 0. The minimum absolute atomic E-state index is 0.219. The molecule has 2 fully saturated rings. The van der Waals surface area contributed by atoms with Crippen molar-refractivity contribution in [2.24, 2.45) is 0 Å². The number of halogens is 4. The summed E-state index contributed by atoms with van der Waals surface area (Å²) in [4.78, 5) is 0. The molecule has 0 radical (unpaired) electrons. The number of alkyl halides is 4. The molecule has 2 saturated heterocycles. The second-order valence-electron chi connectivity index (χ2n) is 2.87. The van der Waals surface area contributed by atoms with Crippen LogP contribution in [-0.4, -0.2) is 32.3 Å². The summed E-state index contributed by atoms with van der Waals surface area (Å²) in [6.07, 6.45) is 0.259. The van der Waals surface area contributed by atoms with Crippen LogP contribution in [-0.2, 0) is 14.2 Å².